The Morgan fingerprint density at radius 3 is 2.23 bits per heavy atom. The van der Waals surface area contributed by atoms with Gasteiger partial charge in [0.15, 0.2) is 6.61 Å². The van der Waals surface area contributed by atoms with Crippen LogP contribution in [-0.4, -0.2) is 37.1 Å². The molecule has 3 aromatic rings. The lowest BCUT2D eigenvalue weighted by molar-refractivity contribution is -0.120. The molecule has 0 bridgehead atoms. The average Bonchev–Trinajstić information content (AvgIpc) is 2.85. The standard InChI is InChI=1S/C26H26N4O5/c1-3-34-21-14-12-20(13-15-21)29-26(33)22-6-4-5-7-23(22)30-25(32)17-35-27-16-24(31)28-19-10-8-18(2)9-11-19/h4-16H,3,17H2,1-2H3,(H,28,31)(H,29,33)(H,30,32)/b27-16+. The van der Waals surface area contributed by atoms with E-state index >= 15 is 0 Å². The molecule has 0 heterocycles. The maximum absolute atomic E-state index is 12.7. The third-order valence-corrected chi connectivity index (χ3v) is 4.63. The Morgan fingerprint density at radius 2 is 1.51 bits per heavy atom. The minimum absolute atomic E-state index is 0.274. The van der Waals surface area contributed by atoms with Gasteiger partial charge in [0, 0.05) is 11.4 Å². The highest BCUT2D eigenvalue weighted by Crippen LogP contribution is 2.19. The molecular weight excluding hydrogens is 448 g/mol. The van der Waals surface area contributed by atoms with E-state index in [9.17, 15) is 14.4 Å². The molecule has 0 atom stereocenters. The first-order valence-electron chi connectivity index (χ1n) is 10.9. The van der Waals surface area contributed by atoms with E-state index < -0.39 is 24.3 Å². The highest BCUT2D eigenvalue weighted by molar-refractivity contribution is 6.31. The molecule has 0 aromatic heterocycles. The van der Waals surface area contributed by atoms with Crippen LogP contribution in [0.15, 0.2) is 78.0 Å². The van der Waals surface area contributed by atoms with Crippen LogP contribution >= 0.6 is 0 Å². The Labute approximate surface area is 203 Å². The van der Waals surface area contributed by atoms with E-state index in [0.717, 1.165) is 11.8 Å². The molecule has 9 heteroatoms. The highest BCUT2D eigenvalue weighted by Gasteiger charge is 2.14. The molecule has 180 valence electrons. The molecule has 0 aliphatic carbocycles. The van der Waals surface area contributed by atoms with Crippen molar-refractivity contribution in [2.24, 2.45) is 5.16 Å². The molecule has 0 unspecified atom stereocenters. The zero-order chi connectivity index (χ0) is 25.0. The van der Waals surface area contributed by atoms with E-state index in [0.29, 0.717) is 29.4 Å². The number of carbonyl (C=O) groups is 3. The van der Waals surface area contributed by atoms with E-state index in [-0.39, 0.29) is 5.56 Å². The summed E-state index contributed by atoms with van der Waals surface area (Å²) < 4.78 is 5.39. The largest absolute Gasteiger partial charge is 0.494 e. The smallest absolute Gasteiger partial charge is 0.270 e. The predicted molar refractivity (Wildman–Crippen MR) is 135 cm³/mol. The van der Waals surface area contributed by atoms with Gasteiger partial charge in [-0.1, -0.05) is 35.0 Å². The Bertz CT molecular complexity index is 1190. The number of aryl methyl sites for hydroxylation is 1. The Hall–Kier alpha value is -4.66. The summed E-state index contributed by atoms with van der Waals surface area (Å²) in [5, 5.41) is 11.5. The number of oxime groups is 1. The lowest BCUT2D eigenvalue weighted by atomic mass is 10.1. The molecular formula is C26H26N4O5. The molecule has 0 saturated heterocycles. The fourth-order valence-corrected chi connectivity index (χ4v) is 2.97. The van der Waals surface area contributed by atoms with Gasteiger partial charge in [-0.05, 0) is 62.4 Å². The minimum atomic E-state index is -0.539. The number of carbonyl (C=O) groups excluding carboxylic acids is 3. The summed E-state index contributed by atoms with van der Waals surface area (Å²) in [6.45, 7) is 3.94. The number of hydrogen-bond acceptors (Lipinski definition) is 6. The van der Waals surface area contributed by atoms with E-state index in [1.165, 1.54) is 0 Å². The van der Waals surface area contributed by atoms with Crippen LogP contribution in [0.1, 0.15) is 22.8 Å². The van der Waals surface area contributed by atoms with Gasteiger partial charge in [-0.2, -0.15) is 0 Å². The number of rotatable bonds is 10. The molecule has 3 N–H and O–H groups in total. The van der Waals surface area contributed by atoms with Crippen molar-refractivity contribution < 1.29 is 24.0 Å². The lowest BCUT2D eigenvalue weighted by Gasteiger charge is -2.11. The Morgan fingerprint density at radius 1 is 0.857 bits per heavy atom. The molecule has 0 aliphatic rings. The highest BCUT2D eigenvalue weighted by atomic mass is 16.6. The van der Waals surface area contributed by atoms with Crippen LogP contribution in [0.4, 0.5) is 17.1 Å². The predicted octanol–water partition coefficient (Wildman–Crippen LogP) is 4.23. The van der Waals surface area contributed by atoms with Crippen molar-refractivity contribution in [2.45, 2.75) is 13.8 Å². The van der Waals surface area contributed by atoms with Gasteiger partial charge in [0.2, 0.25) is 0 Å². The van der Waals surface area contributed by atoms with Crippen molar-refractivity contribution in [3.8, 4) is 5.75 Å². The van der Waals surface area contributed by atoms with Crippen LogP contribution in [-0.2, 0) is 14.4 Å². The number of nitrogens with one attached hydrogen (secondary N) is 3. The molecule has 0 fully saturated rings. The lowest BCUT2D eigenvalue weighted by Crippen LogP contribution is -2.21. The molecule has 3 rings (SSSR count). The Balaban J connectivity index is 1.50. The van der Waals surface area contributed by atoms with Gasteiger partial charge in [0.25, 0.3) is 17.7 Å². The second kappa shape index (κ2) is 12.5. The van der Waals surface area contributed by atoms with Crippen LogP contribution in [0.2, 0.25) is 0 Å². The normalized spacial score (nSPS) is 10.5. The van der Waals surface area contributed by atoms with Gasteiger partial charge >= 0.3 is 0 Å². The van der Waals surface area contributed by atoms with Gasteiger partial charge in [0.1, 0.15) is 12.0 Å². The summed E-state index contributed by atoms with van der Waals surface area (Å²) >= 11 is 0. The Kier molecular flexibility index (Phi) is 8.95. The molecule has 0 saturated carbocycles. The summed E-state index contributed by atoms with van der Waals surface area (Å²) in [4.78, 5) is 41.8. The van der Waals surface area contributed by atoms with Gasteiger partial charge in [0.05, 0.1) is 17.9 Å². The topological polar surface area (TPSA) is 118 Å². The van der Waals surface area contributed by atoms with E-state index in [2.05, 4.69) is 21.1 Å². The van der Waals surface area contributed by atoms with Crippen LogP contribution in [0.25, 0.3) is 0 Å². The summed E-state index contributed by atoms with van der Waals surface area (Å²) in [5.74, 6) is -0.724. The van der Waals surface area contributed by atoms with Crippen molar-refractivity contribution in [3.63, 3.8) is 0 Å². The summed E-state index contributed by atoms with van der Waals surface area (Å²) in [6.07, 6.45) is 0.936. The van der Waals surface area contributed by atoms with Crippen molar-refractivity contribution in [1.29, 1.82) is 0 Å². The van der Waals surface area contributed by atoms with E-state index in [1.54, 1.807) is 60.7 Å². The molecule has 9 nitrogen and oxygen atoms in total. The number of anilines is 3. The summed E-state index contributed by atoms with van der Waals surface area (Å²) in [5.41, 5.74) is 2.86. The first-order valence-corrected chi connectivity index (χ1v) is 10.9. The van der Waals surface area contributed by atoms with Crippen molar-refractivity contribution in [2.75, 3.05) is 29.2 Å². The van der Waals surface area contributed by atoms with Crippen LogP contribution in [0.5, 0.6) is 5.75 Å². The fourth-order valence-electron chi connectivity index (χ4n) is 2.97. The third kappa shape index (κ3) is 8.01. The van der Waals surface area contributed by atoms with Crippen molar-refractivity contribution in [1.82, 2.24) is 0 Å². The van der Waals surface area contributed by atoms with E-state index in [1.807, 2.05) is 26.0 Å². The number of para-hydroxylation sites is 1. The molecule has 3 aromatic carbocycles. The quantitative estimate of drug-likeness (QED) is 0.300. The number of benzene rings is 3. The molecule has 0 spiro atoms. The van der Waals surface area contributed by atoms with Gasteiger partial charge in [-0.3, -0.25) is 14.4 Å². The summed E-state index contributed by atoms with van der Waals surface area (Å²) in [6, 6.07) is 20.8. The second-order valence-corrected chi connectivity index (χ2v) is 7.37. The number of hydrogen-bond donors (Lipinski definition) is 3. The van der Waals surface area contributed by atoms with Crippen LogP contribution in [0, 0.1) is 6.92 Å². The van der Waals surface area contributed by atoms with Crippen molar-refractivity contribution in [3.05, 3.63) is 83.9 Å². The second-order valence-electron chi connectivity index (χ2n) is 7.37. The first-order chi connectivity index (χ1) is 16.9. The maximum Gasteiger partial charge on any atom is 0.270 e. The number of ether oxygens (including phenoxy) is 1. The van der Waals surface area contributed by atoms with Gasteiger partial charge < -0.3 is 25.5 Å². The first kappa shape index (κ1) is 25.0. The van der Waals surface area contributed by atoms with Crippen LogP contribution in [0.3, 0.4) is 0 Å². The number of amides is 3. The summed E-state index contributed by atoms with van der Waals surface area (Å²) in [7, 11) is 0. The fraction of sp³-hybridized carbons (Fsp3) is 0.154. The average molecular weight is 475 g/mol. The van der Waals surface area contributed by atoms with Crippen molar-refractivity contribution >= 4 is 41.0 Å². The molecule has 35 heavy (non-hydrogen) atoms. The van der Waals surface area contributed by atoms with Gasteiger partial charge in [-0.15, -0.1) is 0 Å². The maximum atomic E-state index is 12.7. The SMILES string of the molecule is CCOc1ccc(NC(=O)c2ccccc2NC(=O)CO/N=C/C(=O)Nc2ccc(C)cc2)cc1. The van der Waals surface area contributed by atoms with Gasteiger partial charge in [-0.25, -0.2) is 0 Å². The monoisotopic (exact) mass is 474 g/mol. The number of nitrogens with zero attached hydrogens (tertiary/aromatic N) is 1. The minimum Gasteiger partial charge on any atom is -0.494 e. The molecule has 0 radical (unpaired) electrons. The zero-order valence-corrected chi connectivity index (χ0v) is 19.4. The molecule has 0 aliphatic heterocycles. The molecule has 3 amide bonds. The zero-order valence-electron chi connectivity index (χ0n) is 19.4. The van der Waals surface area contributed by atoms with E-state index in [4.69, 9.17) is 9.57 Å². The third-order valence-electron chi connectivity index (χ3n) is 4.63. The van der Waals surface area contributed by atoms with Crippen LogP contribution < -0.4 is 20.7 Å².